The summed E-state index contributed by atoms with van der Waals surface area (Å²) in [7, 11) is 0. The molecule has 0 amide bonds. The first kappa shape index (κ1) is 18.4. The maximum absolute atomic E-state index is 12.1. The van der Waals surface area contributed by atoms with Crippen LogP contribution in [0.3, 0.4) is 0 Å². The molecule has 0 radical (unpaired) electrons. The molecule has 140 valence electrons. The van der Waals surface area contributed by atoms with E-state index >= 15 is 0 Å². The lowest BCUT2D eigenvalue weighted by Gasteiger charge is -2.05. The van der Waals surface area contributed by atoms with Crippen molar-refractivity contribution in [1.29, 1.82) is 0 Å². The number of aromatic nitrogens is 4. The number of fused-ring (bicyclic) bond motifs is 1. The molecule has 2 heterocycles. The number of ether oxygens (including phenoxy) is 2. The van der Waals surface area contributed by atoms with Gasteiger partial charge in [-0.05, 0) is 44.2 Å². The Morgan fingerprint density at radius 2 is 1.85 bits per heavy atom. The van der Waals surface area contributed by atoms with Crippen molar-refractivity contribution in [3.8, 4) is 5.75 Å². The van der Waals surface area contributed by atoms with Crippen molar-refractivity contribution in [3.63, 3.8) is 0 Å². The first-order valence-corrected chi connectivity index (χ1v) is 7.79. The molecule has 0 bridgehead atoms. The lowest BCUT2D eigenvalue weighted by Crippen LogP contribution is -2.15. The van der Waals surface area contributed by atoms with E-state index in [0.29, 0.717) is 0 Å². The molecule has 2 aromatic heterocycles. The summed E-state index contributed by atoms with van der Waals surface area (Å²) in [6.45, 7) is 0.0775. The highest BCUT2D eigenvalue weighted by molar-refractivity contribution is 5.98. The van der Waals surface area contributed by atoms with Gasteiger partial charge in [0.25, 0.3) is 11.6 Å². The van der Waals surface area contributed by atoms with Crippen LogP contribution in [0.2, 0.25) is 0 Å². The van der Waals surface area contributed by atoms with Crippen molar-refractivity contribution in [1.82, 2.24) is 19.6 Å². The van der Waals surface area contributed by atoms with Gasteiger partial charge in [0.15, 0.2) is 12.4 Å². The lowest BCUT2D eigenvalue weighted by atomic mass is 10.1. The van der Waals surface area contributed by atoms with Gasteiger partial charge in [-0.25, -0.2) is 14.3 Å². The van der Waals surface area contributed by atoms with Gasteiger partial charge in [-0.3, -0.25) is 4.79 Å². The molecule has 3 aromatic rings. The first-order chi connectivity index (χ1) is 12.8. The number of ketones is 1. The Hall–Kier alpha value is -3.43. The summed E-state index contributed by atoms with van der Waals surface area (Å²) < 4.78 is 34.7. The molecule has 1 aromatic carbocycles. The third kappa shape index (κ3) is 4.22. The molecule has 0 saturated heterocycles. The molecule has 0 atom stereocenters. The van der Waals surface area contributed by atoms with Crippen molar-refractivity contribution < 1.29 is 27.8 Å². The smallest absolute Gasteiger partial charge is 0.387 e. The highest BCUT2D eigenvalue weighted by Crippen LogP contribution is 2.15. The molecular formula is C17H14F2N4O4. The van der Waals surface area contributed by atoms with E-state index in [1.807, 2.05) is 0 Å². The van der Waals surface area contributed by atoms with E-state index in [1.54, 1.807) is 19.9 Å². The summed E-state index contributed by atoms with van der Waals surface area (Å²) >= 11 is 0. The number of carbonyl (C=O) groups excluding carboxylic acids is 2. The second-order valence-electron chi connectivity index (χ2n) is 5.59. The quantitative estimate of drug-likeness (QED) is 0.481. The monoisotopic (exact) mass is 376 g/mol. The SMILES string of the molecule is Cc1cc(C)n2nc(C(=O)OCC(=O)c3ccc(OC(F)F)cc3)nc2n1. The Kier molecular flexibility index (Phi) is 5.06. The summed E-state index contributed by atoms with van der Waals surface area (Å²) in [6.07, 6.45) is 0. The molecule has 8 nitrogen and oxygen atoms in total. The molecule has 0 aliphatic carbocycles. The summed E-state index contributed by atoms with van der Waals surface area (Å²) in [4.78, 5) is 32.3. The molecule has 0 saturated carbocycles. The maximum Gasteiger partial charge on any atom is 0.387 e. The number of nitrogens with zero attached hydrogens (tertiary/aromatic N) is 4. The van der Waals surface area contributed by atoms with Crippen LogP contribution in [-0.2, 0) is 4.74 Å². The highest BCUT2D eigenvalue weighted by Gasteiger charge is 2.18. The van der Waals surface area contributed by atoms with Crippen LogP contribution in [-0.4, -0.2) is 44.6 Å². The zero-order valence-electron chi connectivity index (χ0n) is 14.3. The van der Waals surface area contributed by atoms with Crippen LogP contribution in [0.15, 0.2) is 30.3 Å². The van der Waals surface area contributed by atoms with Gasteiger partial charge in [0.2, 0.25) is 0 Å². The van der Waals surface area contributed by atoms with Gasteiger partial charge in [-0.2, -0.15) is 13.8 Å². The molecule has 0 aliphatic heterocycles. The summed E-state index contributed by atoms with van der Waals surface area (Å²) in [5.74, 6) is -1.43. The average molecular weight is 376 g/mol. The fourth-order valence-corrected chi connectivity index (χ4v) is 2.35. The van der Waals surface area contributed by atoms with Crippen LogP contribution in [0.4, 0.5) is 8.78 Å². The topological polar surface area (TPSA) is 95.7 Å². The molecule has 10 heteroatoms. The number of halogens is 2. The first-order valence-electron chi connectivity index (χ1n) is 7.79. The Balaban J connectivity index is 1.65. The standard InChI is InChI=1S/C17H14F2N4O4/c1-9-7-10(2)23-17(20-9)21-14(22-23)15(25)26-8-13(24)11-3-5-12(6-4-11)27-16(18)19/h3-7,16H,8H2,1-2H3. The largest absolute Gasteiger partial charge is 0.451 e. The molecule has 0 fully saturated rings. The second-order valence-corrected chi connectivity index (χ2v) is 5.59. The molecule has 3 rings (SSSR count). The normalized spacial score (nSPS) is 11.0. The zero-order valence-corrected chi connectivity index (χ0v) is 14.3. The number of hydrogen-bond acceptors (Lipinski definition) is 7. The fourth-order valence-electron chi connectivity index (χ4n) is 2.35. The van der Waals surface area contributed by atoms with Gasteiger partial charge < -0.3 is 9.47 Å². The fraction of sp³-hybridized carbons (Fsp3) is 0.235. The van der Waals surface area contributed by atoms with Crippen LogP contribution in [0.1, 0.15) is 32.4 Å². The van der Waals surface area contributed by atoms with E-state index in [0.717, 1.165) is 11.4 Å². The van der Waals surface area contributed by atoms with E-state index in [-0.39, 0.29) is 22.9 Å². The highest BCUT2D eigenvalue weighted by atomic mass is 19.3. The zero-order chi connectivity index (χ0) is 19.6. The third-order valence-corrected chi connectivity index (χ3v) is 3.54. The Morgan fingerprint density at radius 3 is 2.52 bits per heavy atom. The second kappa shape index (κ2) is 7.44. The van der Waals surface area contributed by atoms with Crippen LogP contribution in [0, 0.1) is 13.8 Å². The Morgan fingerprint density at radius 1 is 1.15 bits per heavy atom. The van der Waals surface area contributed by atoms with E-state index < -0.39 is 25.0 Å². The van der Waals surface area contributed by atoms with Crippen molar-refractivity contribution >= 4 is 17.5 Å². The molecular weight excluding hydrogens is 362 g/mol. The summed E-state index contributed by atoms with van der Waals surface area (Å²) in [5, 5.41) is 4.01. The molecule has 0 aliphatic rings. The Labute approximate surface area is 151 Å². The van der Waals surface area contributed by atoms with Crippen molar-refractivity contribution in [3.05, 3.63) is 53.1 Å². The number of Topliss-reactive ketones (excluding diaryl/α,β-unsaturated/α-hetero) is 1. The maximum atomic E-state index is 12.1. The Bertz CT molecular complexity index is 1000. The minimum atomic E-state index is -2.95. The van der Waals surface area contributed by atoms with Gasteiger partial charge in [-0.1, -0.05) is 0 Å². The predicted octanol–water partition coefficient (Wildman–Crippen LogP) is 2.38. The summed E-state index contributed by atoms with van der Waals surface area (Å²) in [6, 6.07) is 6.82. The summed E-state index contributed by atoms with van der Waals surface area (Å²) in [5.41, 5.74) is 1.65. The van der Waals surface area contributed by atoms with Gasteiger partial charge in [0.05, 0.1) is 0 Å². The number of esters is 1. The molecule has 0 spiro atoms. The van der Waals surface area contributed by atoms with Crippen molar-refractivity contribution in [2.45, 2.75) is 20.5 Å². The van der Waals surface area contributed by atoms with Gasteiger partial charge in [0.1, 0.15) is 5.75 Å². The van der Waals surface area contributed by atoms with Crippen LogP contribution in [0.25, 0.3) is 5.78 Å². The van der Waals surface area contributed by atoms with E-state index in [1.165, 1.54) is 28.8 Å². The molecule has 0 N–H and O–H groups in total. The molecule has 0 unspecified atom stereocenters. The number of benzene rings is 1. The lowest BCUT2D eigenvalue weighted by molar-refractivity contribution is -0.0498. The van der Waals surface area contributed by atoms with Crippen LogP contribution in [0.5, 0.6) is 5.75 Å². The minimum Gasteiger partial charge on any atom is -0.451 e. The number of alkyl halides is 2. The predicted molar refractivity (Wildman–Crippen MR) is 87.9 cm³/mol. The van der Waals surface area contributed by atoms with Crippen molar-refractivity contribution in [2.24, 2.45) is 0 Å². The van der Waals surface area contributed by atoms with Gasteiger partial charge in [-0.15, -0.1) is 5.10 Å². The van der Waals surface area contributed by atoms with Crippen LogP contribution >= 0.6 is 0 Å². The van der Waals surface area contributed by atoms with Crippen LogP contribution < -0.4 is 4.74 Å². The number of carbonyl (C=O) groups is 2. The molecule has 27 heavy (non-hydrogen) atoms. The van der Waals surface area contributed by atoms with E-state index in [4.69, 9.17) is 4.74 Å². The number of hydrogen-bond donors (Lipinski definition) is 0. The van der Waals surface area contributed by atoms with E-state index in [2.05, 4.69) is 19.8 Å². The van der Waals surface area contributed by atoms with E-state index in [9.17, 15) is 18.4 Å². The van der Waals surface area contributed by atoms with Gasteiger partial charge in [0, 0.05) is 17.0 Å². The number of rotatable bonds is 6. The minimum absolute atomic E-state index is 0.0781. The average Bonchev–Trinajstić information content (AvgIpc) is 3.04. The number of aryl methyl sites for hydroxylation is 2. The van der Waals surface area contributed by atoms with Crippen molar-refractivity contribution in [2.75, 3.05) is 6.61 Å². The van der Waals surface area contributed by atoms with Gasteiger partial charge >= 0.3 is 12.6 Å². The third-order valence-electron chi connectivity index (χ3n) is 3.54.